The molecule has 0 aliphatic carbocycles. The lowest BCUT2D eigenvalue weighted by molar-refractivity contribution is -0.143. The van der Waals surface area contributed by atoms with E-state index >= 15 is 0 Å². The predicted octanol–water partition coefficient (Wildman–Crippen LogP) is 3.60. The lowest BCUT2D eigenvalue weighted by Crippen LogP contribution is -2.40. The molecule has 0 bridgehead atoms. The van der Waals surface area contributed by atoms with E-state index in [4.69, 9.17) is 9.47 Å². The number of fused-ring (bicyclic) bond motifs is 1. The molecule has 196 valence electrons. The van der Waals surface area contributed by atoms with Crippen LogP contribution in [0.25, 0.3) is 0 Å². The average Bonchev–Trinajstić information content (AvgIpc) is 3.47. The molecule has 36 heavy (non-hydrogen) atoms. The second-order valence-corrected chi connectivity index (χ2v) is 11.3. The second-order valence-electron chi connectivity index (χ2n) is 9.00. The summed E-state index contributed by atoms with van der Waals surface area (Å²) in [4.78, 5) is 14.4. The third-order valence-corrected chi connectivity index (χ3v) is 8.74. The monoisotopic (exact) mass is 524 g/mol. The molecule has 0 saturated carbocycles. The fourth-order valence-electron chi connectivity index (χ4n) is 5.10. The van der Waals surface area contributed by atoms with Crippen molar-refractivity contribution in [1.82, 2.24) is 9.21 Å². The van der Waals surface area contributed by atoms with E-state index in [-0.39, 0.29) is 32.2 Å². The van der Waals surface area contributed by atoms with Gasteiger partial charge in [-0.2, -0.15) is 0 Å². The van der Waals surface area contributed by atoms with Gasteiger partial charge in [-0.15, -0.1) is 0 Å². The zero-order valence-corrected chi connectivity index (χ0v) is 21.0. The number of likely N-dealkylation sites (tertiary alicyclic amines) is 1. The Labute approximate surface area is 209 Å². The van der Waals surface area contributed by atoms with E-state index in [1.54, 1.807) is 25.1 Å². The first-order valence-corrected chi connectivity index (χ1v) is 13.6. The zero-order valence-electron chi connectivity index (χ0n) is 20.2. The summed E-state index contributed by atoms with van der Waals surface area (Å²) in [5.41, 5.74) is 1.04. The van der Waals surface area contributed by atoms with Crippen LogP contribution in [-0.4, -0.2) is 67.4 Å². The van der Waals surface area contributed by atoms with Crippen LogP contribution < -0.4 is 9.47 Å². The van der Waals surface area contributed by atoms with Crippen molar-refractivity contribution in [3.05, 3.63) is 59.2 Å². The number of hydrogen-bond acceptors (Lipinski definition) is 6. The Hall–Kier alpha value is -2.76. The van der Waals surface area contributed by atoms with Gasteiger partial charge in [-0.05, 0) is 48.7 Å². The highest BCUT2D eigenvalue weighted by atomic mass is 32.2. The summed E-state index contributed by atoms with van der Waals surface area (Å²) in [5, 5.41) is 10.3. The third kappa shape index (κ3) is 5.18. The van der Waals surface area contributed by atoms with Gasteiger partial charge in [0, 0.05) is 38.1 Å². The van der Waals surface area contributed by atoms with E-state index in [1.807, 2.05) is 11.8 Å². The predicted molar refractivity (Wildman–Crippen MR) is 128 cm³/mol. The fourth-order valence-corrected chi connectivity index (χ4v) is 6.28. The van der Waals surface area contributed by atoms with Crippen LogP contribution in [0.1, 0.15) is 43.4 Å². The van der Waals surface area contributed by atoms with E-state index in [9.17, 15) is 27.1 Å². The summed E-state index contributed by atoms with van der Waals surface area (Å²) >= 11 is 0. The van der Waals surface area contributed by atoms with Gasteiger partial charge in [-0.3, -0.25) is 9.69 Å². The first-order chi connectivity index (χ1) is 17.2. The Morgan fingerprint density at radius 2 is 1.78 bits per heavy atom. The number of carboxylic acid groups (broad SMARTS) is 1. The molecule has 1 N–H and O–H groups in total. The van der Waals surface area contributed by atoms with Crippen molar-refractivity contribution in [3.8, 4) is 11.5 Å². The highest BCUT2D eigenvalue weighted by Crippen LogP contribution is 2.47. The normalized spacial score (nSPS) is 21.9. The van der Waals surface area contributed by atoms with Crippen LogP contribution >= 0.6 is 0 Å². The number of sulfonamides is 1. The molecule has 11 heteroatoms. The Kier molecular flexibility index (Phi) is 7.82. The molecule has 0 aromatic heterocycles. The Bertz CT molecular complexity index is 1230. The number of nitrogens with zero attached hydrogens (tertiary/aromatic N) is 2. The van der Waals surface area contributed by atoms with Gasteiger partial charge in [0.1, 0.15) is 0 Å². The van der Waals surface area contributed by atoms with Gasteiger partial charge in [0.2, 0.25) is 16.8 Å². The number of rotatable bonds is 10. The number of carbonyl (C=O) groups is 1. The third-order valence-electron chi connectivity index (χ3n) is 6.86. The summed E-state index contributed by atoms with van der Waals surface area (Å²) in [6.07, 6.45) is 0.628. The van der Waals surface area contributed by atoms with E-state index in [0.717, 1.165) is 12.1 Å². The van der Waals surface area contributed by atoms with Gasteiger partial charge in [-0.1, -0.05) is 19.1 Å². The molecular formula is C25H30F2N2O6S. The minimum atomic E-state index is -3.46. The van der Waals surface area contributed by atoms with Crippen LogP contribution in [0.3, 0.4) is 0 Å². The average molecular weight is 525 g/mol. The van der Waals surface area contributed by atoms with E-state index < -0.39 is 45.5 Å². The zero-order chi connectivity index (χ0) is 26.0. The van der Waals surface area contributed by atoms with Crippen molar-refractivity contribution in [2.24, 2.45) is 5.92 Å². The Morgan fingerprint density at radius 1 is 1.06 bits per heavy atom. The standard InChI is InChI=1S/C25H30F2N2O6S/c1-3-9-29(36(32,33)4-2)11-10-28-14-18(16-6-8-21-22(13-16)35-15-34-21)23(25(30)31)24(28)17-5-7-19(26)20(27)12-17/h5-8,12-13,18,23-24H,3-4,9-11,14-15H2,1-2H3,(H,30,31)/t18-,23-,24+/m0/s1. The smallest absolute Gasteiger partial charge is 0.309 e. The molecule has 2 heterocycles. The van der Waals surface area contributed by atoms with Crippen LogP contribution in [0.4, 0.5) is 8.78 Å². The maximum absolute atomic E-state index is 14.2. The molecule has 2 aliphatic rings. The maximum atomic E-state index is 14.2. The van der Waals surface area contributed by atoms with Crippen molar-refractivity contribution in [2.75, 3.05) is 38.7 Å². The van der Waals surface area contributed by atoms with Crippen LogP contribution in [-0.2, 0) is 14.8 Å². The molecule has 2 aromatic carbocycles. The van der Waals surface area contributed by atoms with E-state index in [1.165, 1.54) is 10.4 Å². The molecule has 3 atom stereocenters. The molecule has 0 amide bonds. The van der Waals surface area contributed by atoms with Crippen molar-refractivity contribution >= 4 is 16.0 Å². The first-order valence-electron chi connectivity index (χ1n) is 12.0. The Balaban J connectivity index is 1.71. The summed E-state index contributed by atoms with van der Waals surface area (Å²) in [6, 6.07) is 7.87. The molecule has 1 saturated heterocycles. The number of ether oxygens (including phenoxy) is 2. The summed E-state index contributed by atoms with van der Waals surface area (Å²) in [6.45, 7) is 4.55. The quantitative estimate of drug-likeness (QED) is 0.507. The Morgan fingerprint density at radius 3 is 2.44 bits per heavy atom. The number of aliphatic carboxylic acids is 1. The van der Waals surface area contributed by atoms with Gasteiger partial charge in [0.05, 0.1) is 11.7 Å². The fraction of sp³-hybridized carbons (Fsp3) is 0.480. The summed E-state index contributed by atoms with van der Waals surface area (Å²) < 4.78 is 65.3. The van der Waals surface area contributed by atoms with E-state index in [2.05, 4.69) is 0 Å². The highest BCUT2D eigenvalue weighted by molar-refractivity contribution is 7.89. The molecule has 0 unspecified atom stereocenters. The minimum Gasteiger partial charge on any atom is -0.481 e. The topological polar surface area (TPSA) is 96.4 Å². The molecule has 1 fully saturated rings. The number of hydrogen-bond donors (Lipinski definition) is 1. The summed E-state index contributed by atoms with van der Waals surface area (Å²) in [5.74, 6) is -3.62. The van der Waals surface area contributed by atoms with Gasteiger partial charge in [0.15, 0.2) is 23.1 Å². The molecule has 2 aromatic rings. The van der Waals surface area contributed by atoms with Gasteiger partial charge in [-0.25, -0.2) is 21.5 Å². The number of carboxylic acids is 1. The molecule has 8 nitrogen and oxygen atoms in total. The molecular weight excluding hydrogens is 494 g/mol. The van der Waals surface area contributed by atoms with Crippen LogP contribution in [0.5, 0.6) is 11.5 Å². The van der Waals surface area contributed by atoms with Crippen molar-refractivity contribution in [1.29, 1.82) is 0 Å². The maximum Gasteiger partial charge on any atom is 0.309 e. The van der Waals surface area contributed by atoms with Gasteiger partial charge >= 0.3 is 5.97 Å². The van der Waals surface area contributed by atoms with Crippen LogP contribution in [0.2, 0.25) is 0 Å². The van der Waals surface area contributed by atoms with Crippen LogP contribution in [0, 0.1) is 17.6 Å². The lowest BCUT2D eigenvalue weighted by atomic mass is 9.82. The second kappa shape index (κ2) is 10.7. The SMILES string of the molecule is CCCN(CCN1C[C@@H](c2ccc3c(c2)OCO3)[C@H](C(=O)O)[C@H]1c1ccc(F)c(F)c1)S(=O)(=O)CC. The molecule has 2 aliphatic heterocycles. The lowest BCUT2D eigenvalue weighted by Gasteiger charge is -2.30. The van der Waals surface area contributed by atoms with Crippen molar-refractivity contribution < 1.29 is 36.6 Å². The number of halogens is 2. The molecule has 0 spiro atoms. The summed E-state index contributed by atoms with van der Waals surface area (Å²) in [7, 11) is -3.46. The van der Waals surface area contributed by atoms with Gasteiger partial charge < -0.3 is 14.6 Å². The first kappa shape index (κ1) is 26.3. The highest BCUT2D eigenvalue weighted by Gasteiger charge is 2.47. The molecule has 4 rings (SSSR count). The van der Waals surface area contributed by atoms with Crippen molar-refractivity contribution in [3.63, 3.8) is 0 Å². The van der Waals surface area contributed by atoms with Gasteiger partial charge in [0.25, 0.3) is 0 Å². The van der Waals surface area contributed by atoms with Crippen LogP contribution in [0.15, 0.2) is 36.4 Å². The molecule has 0 radical (unpaired) electrons. The minimum absolute atomic E-state index is 0.0445. The van der Waals surface area contributed by atoms with E-state index in [0.29, 0.717) is 35.6 Å². The van der Waals surface area contributed by atoms with Crippen molar-refractivity contribution in [2.45, 2.75) is 32.2 Å². The largest absolute Gasteiger partial charge is 0.481 e. The number of benzene rings is 2.